The van der Waals surface area contributed by atoms with Crippen LogP contribution in [0, 0.1) is 0 Å². The highest BCUT2D eigenvalue weighted by Gasteiger charge is 2.10. The monoisotopic (exact) mass is 245 g/mol. The molecular weight excluding hydrogens is 226 g/mol. The first-order chi connectivity index (χ1) is 8.78. The van der Waals surface area contributed by atoms with Crippen molar-refractivity contribution >= 4 is 5.82 Å². The lowest BCUT2D eigenvalue weighted by Crippen LogP contribution is -2.04. The number of nitrogens with zero attached hydrogens (tertiary/aromatic N) is 4. The van der Waals surface area contributed by atoms with Gasteiger partial charge in [-0.2, -0.15) is 0 Å². The summed E-state index contributed by atoms with van der Waals surface area (Å²) in [6.45, 7) is 5.10. The van der Waals surface area contributed by atoms with Crippen LogP contribution in [0.1, 0.15) is 26.0 Å². The highest BCUT2D eigenvalue weighted by atomic mass is 15.1. The van der Waals surface area contributed by atoms with E-state index >= 15 is 0 Å². The smallest absolute Gasteiger partial charge is 0.180 e. The number of aromatic nitrogens is 4. The van der Waals surface area contributed by atoms with Crippen LogP contribution in [-0.4, -0.2) is 26.6 Å². The Kier molecular flexibility index (Phi) is 3.92. The van der Waals surface area contributed by atoms with Gasteiger partial charge in [-0.25, -0.2) is 15.0 Å². The molecule has 0 aliphatic carbocycles. The zero-order chi connectivity index (χ0) is 13.0. The maximum atomic E-state index is 4.61. The van der Waals surface area contributed by atoms with Crippen molar-refractivity contribution < 1.29 is 0 Å². The van der Waals surface area contributed by atoms with Crippen LogP contribution in [0.15, 0.2) is 18.6 Å². The van der Waals surface area contributed by atoms with Crippen LogP contribution in [-0.2, 0) is 13.0 Å². The van der Waals surface area contributed by atoms with Gasteiger partial charge >= 0.3 is 0 Å². The molecule has 0 spiro atoms. The SMILES string of the molecule is CCCc1cc(NC)nc(-c2cncn2CC)n1. The number of hydrogen-bond donors (Lipinski definition) is 1. The topological polar surface area (TPSA) is 55.6 Å². The highest BCUT2D eigenvalue weighted by molar-refractivity contribution is 5.52. The molecular formula is C13H19N5. The molecule has 0 amide bonds. The third-order valence-corrected chi connectivity index (χ3v) is 2.82. The molecule has 5 nitrogen and oxygen atoms in total. The van der Waals surface area contributed by atoms with E-state index in [4.69, 9.17) is 0 Å². The predicted octanol–water partition coefficient (Wildman–Crippen LogP) is 2.35. The van der Waals surface area contributed by atoms with E-state index in [0.29, 0.717) is 0 Å². The third kappa shape index (κ3) is 2.50. The number of aryl methyl sites for hydroxylation is 2. The minimum atomic E-state index is 0.740. The van der Waals surface area contributed by atoms with E-state index in [1.54, 1.807) is 0 Å². The van der Waals surface area contributed by atoms with Crippen LogP contribution in [0.4, 0.5) is 5.82 Å². The molecule has 18 heavy (non-hydrogen) atoms. The predicted molar refractivity (Wildman–Crippen MR) is 72.5 cm³/mol. The summed E-state index contributed by atoms with van der Waals surface area (Å²) in [4.78, 5) is 13.3. The Labute approximate surface area is 107 Å². The van der Waals surface area contributed by atoms with Gasteiger partial charge in [0.1, 0.15) is 11.5 Å². The van der Waals surface area contributed by atoms with Gasteiger partial charge in [0.25, 0.3) is 0 Å². The van der Waals surface area contributed by atoms with Crippen molar-refractivity contribution in [1.29, 1.82) is 0 Å². The minimum absolute atomic E-state index is 0.740. The van der Waals surface area contributed by atoms with Gasteiger partial charge in [-0.05, 0) is 13.3 Å². The second-order valence-corrected chi connectivity index (χ2v) is 4.13. The van der Waals surface area contributed by atoms with Crippen molar-refractivity contribution in [2.75, 3.05) is 12.4 Å². The van der Waals surface area contributed by atoms with Crippen molar-refractivity contribution in [3.8, 4) is 11.5 Å². The highest BCUT2D eigenvalue weighted by Crippen LogP contribution is 2.18. The minimum Gasteiger partial charge on any atom is -0.373 e. The van der Waals surface area contributed by atoms with E-state index in [0.717, 1.165) is 42.4 Å². The lowest BCUT2D eigenvalue weighted by molar-refractivity contribution is 0.761. The van der Waals surface area contributed by atoms with Crippen molar-refractivity contribution in [3.05, 3.63) is 24.3 Å². The maximum Gasteiger partial charge on any atom is 0.180 e. The van der Waals surface area contributed by atoms with Crippen LogP contribution < -0.4 is 5.32 Å². The lowest BCUT2D eigenvalue weighted by atomic mass is 10.2. The van der Waals surface area contributed by atoms with Gasteiger partial charge in [0.15, 0.2) is 5.82 Å². The van der Waals surface area contributed by atoms with E-state index in [1.165, 1.54) is 0 Å². The van der Waals surface area contributed by atoms with Crippen molar-refractivity contribution in [3.63, 3.8) is 0 Å². The summed E-state index contributed by atoms with van der Waals surface area (Å²) >= 11 is 0. The molecule has 0 fully saturated rings. The molecule has 1 N–H and O–H groups in total. The Hall–Kier alpha value is -1.91. The molecule has 2 aromatic heterocycles. The second kappa shape index (κ2) is 5.62. The van der Waals surface area contributed by atoms with Gasteiger partial charge in [0.2, 0.25) is 0 Å². The first-order valence-corrected chi connectivity index (χ1v) is 6.34. The Balaban J connectivity index is 2.46. The number of hydrogen-bond acceptors (Lipinski definition) is 4. The van der Waals surface area contributed by atoms with E-state index in [-0.39, 0.29) is 0 Å². The summed E-state index contributed by atoms with van der Waals surface area (Å²) in [7, 11) is 1.87. The quantitative estimate of drug-likeness (QED) is 0.878. The average Bonchev–Trinajstić information content (AvgIpc) is 2.87. The molecule has 0 aliphatic heterocycles. The molecule has 96 valence electrons. The van der Waals surface area contributed by atoms with Gasteiger partial charge in [0.05, 0.1) is 12.5 Å². The van der Waals surface area contributed by atoms with Gasteiger partial charge in [-0.15, -0.1) is 0 Å². The zero-order valence-corrected chi connectivity index (χ0v) is 11.1. The van der Waals surface area contributed by atoms with Gasteiger partial charge in [-0.1, -0.05) is 13.3 Å². The number of rotatable bonds is 5. The molecule has 0 aliphatic rings. The summed E-state index contributed by atoms with van der Waals surface area (Å²) in [5, 5.41) is 3.08. The Morgan fingerprint density at radius 3 is 2.78 bits per heavy atom. The van der Waals surface area contributed by atoms with E-state index in [2.05, 4.69) is 34.1 Å². The van der Waals surface area contributed by atoms with E-state index in [9.17, 15) is 0 Å². The van der Waals surface area contributed by atoms with Gasteiger partial charge < -0.3 is 9.88 Å². The summed E-state index contributed by atoms with van der Waals surface area (Å²) in [6.07, 6.45) is 5.66. The van der Waals surface area contributed by atoms with Gasteiger partial charge in [0, 0.05) is 25.4 Å². The third-order valence-electron chi connectivity index (χ3n) is 2.82. The Morgan fingerprint density at radius 1 is 1.28 bits per heavy atom. The first kappa shape index (κ1) is 12.5. The summed E-state index contributed by atoms with van der Waals surface area (Å²) in [5.41, 5.74) is 2.03. The van der Waals surface area contributed by atoms with Gasteiger partial charge in [-0.3, -0.25) is 0 Å². The normalized spacial score (nSPS) is 10.6. The average molecular weight is 245 g/mol. The summed E-state index contributed by atoms with van der Waals surface area (Å²) in [5.74, 6) is 1.59. The fourth-order valence-electron chi connectivity index (χ4n) is 1.88. The summed E-state index contributed by atoms with van der Waals surface area (Å²) < 4.78 is 2.05. The zero-order valence-electron chi connectivity index (χ0n) is 11.1. The molecule has 2 aromatic rings. The van der Waals surface area contributed by atoms with E-state index < -0.39 is 0 Å². The Morgan fingerprint density at radius 2 is 2.11 bits per heavy atom. The number of nitrogens with one attached hydrogen (secondary N) is 1. The maximum absolute atomic E-state index is 4.61. The number of anilines is 1. The fraction of sp³-hybridized carbons (Fsp3) is 0.462. The molecule has 0 saturated carbocycles. The van der Waals surface area contributed by atoms with Crippen LogP contribution >= 0.6 is 0 Å². The van der Waals surface area contributed by atoms with Crippen molar-refractivity contribution in [1.82, 2.24) is 19.5 Å². The molecule has 2 rings (SSSR count). The van der Waals surface area contributed by atoms with Crippen LogP contribution in [0.5, 0.6) is 0 Å². The fourth-order valence-corrected chi connectivity index (χ4v) is 1.88. The molecule has 2 heterocycles. The van der Waals surface area contributed by atoms with Crippen LogP contribution in [0.3, 0.4) is 0 Å². The largest absolute Gasteiger partial charge is 0.373 e. The molecule has 0 bridgehead atoms. The van der Waals surface area contributed by atoms with E-state index in [1.807, 2.05) is 30.2 Å². The molecule has 0 atom stereocenters. The molecule has 0 unspecified atom stereocenters. The molecule has 0 saturated heterocycles. The molecule has 0 aromatic carbocycles. The van der Waals surface area contributed by atoms with Crippen molar-refractivity contribution in [2.24, 2.45) is 0 Å². The van der Waals surface area contributed by atoms with Crippen LogP contribution in [0.2, 0.25) is 0 Å². The lowest BCUT2D eigenvalue weighted by Gasteiger charge is -2.08. The summed E-state index contributed by atoms with van der Waals surface area (Å²) in [6, 6.07) is 2.00. The van der Waals surface area contributed by atoms with Crippen LogP contribution in [0.25, 0.3) is 11.5 Å². The Bertz CT molecular complexity index is 518. The first-order valence-electron chi connectivity index (χ1n) is 6.34. The van der Waals surface area contributed by atoms with Crippen molar-refractivity contribution in [2.45, 2.75) is 33.2 Å². The number of imidazole rings is 1. The standard InChI is InChI=1S/C13H19N5/c1-4-6-10-7-12(14-3)17-13(16-10)11-8-15-9-18(11)5-2/h7-9H,4-6H2,1-3H3,(H,14,16,17). The molecule has 5 heteroatoms. The second-order valence-electron chi connectivity index (χ2n) is 4.13. The molecule has 0 radical (unpaired) electrons.